The van der Waals surface area contributed by atoms with Crippen LogP contribution < -0.4 is 10.3 Å². The van der Waals surface area contributed by atoms with Crippen LogP contribution in [0.25, 0.3) is 0 Å². The van der Waals surface area contributed by atoms with Crippen molar-refractivity contribution in [2.75, 3.05) is 6.54 Å². The molecule has 0 radical (unpaired) electrons. The summed E-state index contributed by atoms with van der Waals surface area (Å²) in [5, 5.41) is 4.01. The molecule has 4 rings (SSSR count). The molecular formula is C26H24F3N3O4. The molecule has 1 amide bonds. The molecular weight excluding hydrogens is 475 g/mol. The lowest BCUT2D eigenvalue weighted by molar-refractivity contribution is -0.189. The quantitative estimate of drug-likeness (QED) is 0.453. The first kappa shape index (κ1) is 25.2. The summed E-state index contributed by atoms with van der Waals surface area (Å²) < 4.78 is 45.6. The van der Waals surface area contributed by atoms with Gasteiger partial charge in [-0.1, -0.05) is 54.6 Å². The van der Waals surface area contributed by atoms with Crippen molar-refractivity contribution in [2.24, 2.45) is 0 Å². The van der Waals surface area contributed by atoms with Gasteiger partial charge in [0.2, 0.25) is 0 Å². The van der Waals surface area contributed by atoms with E-state index in [9.17, 15) is 27.6 Å². The molecule has 1 aliphatic rings. The van der Waals surface area contributed by atoms with Crippen LogP contribution >= 0.6 is 0 Å². The molecule has 36 heavy (non-hydrogen) atoms. The first-order valence-corrected chi connectivity index (χ1v) is 11.5. The van der Waals surface area contributed by atoms with Gasteiger partial charge < -0.3 is 9.64 Å². The first-order chi connectivity index (χ1) is 17.2. The van der Waals surface area contributed by atoms with Gasteiger partial charge >= 0.3 is 12.1 Å². The molecule has 1 saturated heterocycles. The number of nitrogens with zero attached hydrogens (tertiary/aromatic N) is 3. The summed E-state index contributed by atoms with van der Waals surface area (Å²) in [6.45, 7) is -0.00711. The minimum absolute atomic E-state index is 0.0311. The number of likely N-dealkylation sites (tertiary alicyclic amines) is 1. The molecule has 0 bridgehead atoms. The Labute approximate surface area is 205 Å². The summed E-state index contributed by atoms with van der Waals surface area (Å²) in [4.78, 5) is 37.8. The van der Waals surface area contributed by atoms with Crippen molar-refractivity contribution < 1.29 is 27.5 Å². The van der Waals surface area contributed by atoms with Crippen molar-refractivity contribution in [2.45, 2.75) is 44.6 Å². The van der Waals surface area contributed by atoms with Crippen LogP contribution in [-0.4, -0.2) is 39.1 Å². The van der Waals surface area contributed by atoms with Crippen molar-refractivity contribution in [3.63, 3.8) is 0 Å². The molecule has 1 unspecified atom stereocenters. The number of carbonyl (C=O) groups is 2. The first-order valence-electron chi connectivity index (χ1n) is 11.5. The Morgan fingerprint density at radius 2 is 1.75 bits per heavy atom. The van der Waals surface area contributed by atoms with E-state index < -0.39 is 23.7 Å². The average molecular weight is 499 g/mol. The SMILES string of the molecule is O=C(Cn1ncc(OCc2ccccc2)cc1=O)c1ccc(C2CCCCN2C(=O)C(F)(F)F)cc1. The van der Waals surface area contributed by atoms with E-state index >= 15 is 0 Å². The van der Waals surface area contributed by atoms with Crippen LogP contribution in [0.5, 0.6) is 5.75 Å². The standard InChI is InChI=1S/C26H24F3N3O4/c27-26(28,29)25(35)31-13-5-4-8-22(31)19-9-11-20(12-10-19)23(33)16-32-24(34)14-21(15-30-32)36-17-18-6-2-1-3-7-18/h1-3,6-7,9-12,14-15,22H,4-5,8,13,16-17H2. The Hall–Kier alpha value is -3.95. The van der Waals surface area contributed by atoms with Crippen LogP contribution in [-0.2, 0) is 17.9 Å². The van der Waals surface area contributed by atoms with Gasteiger partial charge in [0.05, 0.1) is 12.2 Å². The largest absolute Gasteiger partial charge is 0.487 e. The molecule has 188 valence electrons. The molecule has 0 spiro atoms. The molecule has 2 heterocycles. The number of aromatic nitrogens is 2. The smallest absolute Gasteiger partial charge is 0.471 e. The summed E-state index contributed by atoms with van der Waals surface area (Å²) >= 11 is 0. The molecule has 0 saturated carbocycles. The third-order valence-corrected chi connectivity index (χ3v) is 6.01. The summed E-state index contributed by atoms with van der Waals surface area (Å²) in [7, 11) is 0. The molecule has 1 aromatic heterocycles. The molecule has 2 aromatic carbocycles. The van der Waals surface area contributed by atoms with Gasteiger partial charge in [0, 0.05) is 18.2 Å². The zero-order valence-electron chi connectivity index (χ0n) is 19.3. The summed E-state index contributed by atoms with van der Waals surface area (Å²) in [5.74, 6) is -1.96. The minimum atomic E-state index is -4.94. The fourth-order valence-electron chi connectivity index (χ4n) is 4.16. The van der Waals surface area contributed by atoms with E-state index in [1.165, 1.54) is 24.4 Å². The van der Waals surface area contributed by atoms with Gasteiger partial charge in [0.25, 0.3) is 5.56 Å². The Kier molecular flexibility index (Phi) is 7.52. The maximum absolute atomic E-state index is 13.0. The van der Waals surface area contributed by atoms with E-state index in [-0.39, 0.29) is 36.8 Å². The van der Waals surface area contributed by atoms with E-state index in [1.807, 2.05) is 30.3 Å². The molecule has 3 aromatic rings. The van der Waals surface area contributed by atoms with Crippen molar-refractivity contribution in [1.82, 2.24) is 14.7 Å². The van der Waals surface area contributed by atoms with Gasteiger partial charge in [-0.3, -0.25) is 14.4 Å². The highest BCUT2D eigenvalue weighted by Crippen LogP contribution is 2.34. The molecule has 0 aliphatic carbocycles. The van der Waals surface area contributed by atoms with Crippen LogP contribution in [0.4, 0.5) is 13.2 Å². The van der Waals surface area contributed by atoms with E-state index in [0.717, 1.165) is 15.1 Å². The predicted octanol–water partition coefficient (Wildman–Crippen LogP) is 4.32. The van der Waals surface area contributed by atoms with Gasteiger partial charge in [-0.15, -0.1) is 0 Å². The number of hydrogen-bond acceptors (Lipinski definition) is 5. The molecule has 10 heteroatoms. The number of Topliss-reactive ketones (excluding diaryl/α,β-unsaturated/α-hetero) is 1. The lowest BCUT2D eigenvalue weighted by atomic mass is 9.94. The summed E-state index contributed by atoms with van der Waals surface area (Å²) in [5.41, 5.74) is 1.23. The summed E-state index contributed by atoms with van der Waals surface area (Å²) in [6.07, 6.45) is -1.96. The van der Waals surface area contributed by atoms with Gasteiger partial charge in [-0.05, 0) is 30.4 Å². The third kappa shape index (κ3) is 5.99. The van der Waals surface area contributed by atoms with Crippen molar-refractivity contribution in [3.8, 4) is 5.75 Å². The minimum Gasteiger partial charge on any atom is -0.487 e. The highest BCUT2D eigenvalue weighted by Gasteiger charge is 2.45. The van der Waals surface area contributed by atoms with Crippen molar-refractivity contribution >= 4 is 11.7 Å². The summed E-state index contributed by atoms with van der Waals surface area (Å²) in [6, 6.07) is 16.0. The van der Waals surface area contributed by atoms with Gasteiger partial charge in [-0.25, -0.2) is 4.68 Å². The fourth-order valence-corrected chi connectivity index (χ4v) is 4.16. The maximum Gasteiger partial charge on any atom is 0.471 e. The molecule has 1 fully saturated rings. The van der Waals surface area contributed by atoms with E-state index in [0.29, 0.717) is 24.8 Å². The number of rotatable bonds is 7. The molecule has 1 atom stereocenters. The van der Waals surface area contributed by atoms with Crippen LogP contribution in [0.15, 0.2) is 71.7 Å². The van der Waals surface area contributed by atoms with E-state index in [4.69, 9.17) is 4.74 Å². The number of benzene rings is 2. The lowest BCUT2D eigenvalue weighted by Gasteiger charge is -2.36. The highest BCUT2D eigenvalue weighted by molar-refractivity contribution is 5.95. The van der Waals surface area contributed by atoms with Crippen molar-refractivity contribution in [1.29, 1.82) is 0 Å². The third-order valence-electron chi connectivity index (χ3n) is 6.01. The van der Waals surface area contributed by atoms with Crippen LogP contribution in [0.3, 0.4) is 0 Å². The van der Waals surface area contributed by atoms with Gasteiger partial charge in [0.15, 0.2) is 5.78 Å². The Morgan fingerprint density at radius 3 is 2.42 bits per heavy atom. The van der Waals surface area contributed by atoms with Crippen LogP contribution in [0, 0.1) is 0 Å². The molecule has 7 nitrogen and oxygen atoms in total. The second-order valence-corrected chi connectivity index (χ2v) is 8.51. The maximum atomic E-state index is 13.0. The normalized spacial score (nSPS) is 16.0. The van der Waals surface area contributed by atoms with Gasteiger partial charge in [-0.2, -0.15) is 18.3 Å². The fraction of sp³-hybridized carbons (Fsp3) is 0.308. The number of amides is 1. The highest BCUT2D eigenvalue weighted by atomic mass is 19.4. The lowest BCUT2D eigenvalue weighted by Crippen LogP contribution is -2.45. The number of alkyl halides is 3. The number of hydrogen-bond donors (Lipinski definition) is 0. The Bertz CT molecular complexity index is 1270. The average Bonchev–Trinajstić information content (AvgIpc) is 2.88. The van der Waals surface area contributed by atoms with Gasteiger partial charge in [0.1, 0.15) is 18.9 Å². The number of ether oxygens (including phenoxy) is 1. The molecule has 0 N–H and O–H groups in total. The van der Waals surface area contributed by atoms with Crippen LogP contribution in [0.2, 0.25) is 0 Å². The Balaban J connectivity index is 1.41. The second kappa shape index (κ2) is 10.8. The molecule has 1 aliphatic heterocycles. The predicted molar refractivity (Wildman–Crippen MR) is 124 cm³/mol. The zero-order chi connectivity index (χ0) is 25.7. The Morgan fingerprint density at radius 1 is 1.03 bits per heavy atom. The second-order valence-electron chi connectivity index (χ2n) is 8.51. The number of carbonyl (C=O) groups excluding carboxylic acids is 2. The van der Waals surface area contributed by atoms with E-state index in [1.54, 1.807) is 12.1 Å². The van der Waals surface area contributed by atoms with Crippen LogP contribution in [0.1, 0.15) is 46.8 Å². The number of piperidine rings is 1. The van der Waals surface area contributed by atoms with Crippen molar-refractivity contribution in [3.05, 3.63) is 93.9 Å². The van der Waals surface area contributed by atoms with E-state index in [2.05, 4.69) is 5.10 Å². The zero-order valence-corrected chi connectivity index (χ0v) is 19.3. The number of ketones is 1. The topological polar surface area (TPSA) is 81.5 Å². The number of halogens is 3. The monoisotopic (exact) mass is 499 g/mol.